The summed E-state index contributed by atoms with van der Waals surface area (Å²) in [5.74, 6) is 0.280. The molecule has 0 heterocycles. The van der Waals surface area contributed by atoms with Crippen molar-refractivity contribution < 1.29 is 19.8 Å². The Morgan fingerprint density at radius 3 is 2.35 bits per heavy atom. The fourth-order valence-electron chi connectivity index (χ4n) is 2.52. The van der Waals surface area contributed by atoms with Crippen LogP contribution in [0.15, 0.2) is 0 Å². The van der Waals surface area contributed by atoms with Crippen molar-refractivity contribution >= 4 is 12.0 Å². The monoisotopic (exact) mass is 286 g/mol. The van der Waals surface area contributed by atoms with Gasteiger partial charge in [0.1, 0.15) is 0 Å². The molecule has 1 saturated carbocycles. The summed E-state index contributed by atoms with van der Waals surface area (Å²) in [6, 6.07) is -0.299. The van der Waals surface area contributed by atoms with E-state index >= 15 is 0 Å². The van der Waals surface area contributed by atoms with Gasteiger partial charge in [0, 0.05) is 19.5 Å². The van der Waals surface area contributed by atoms with E-state index in [2.05, 4.69) is 17.6 Å². The summed E-state index contributed by atoms with van der Waals surface area (Å²) >= 11 is 0. The van der Waals surface area contributed by atoms with Gasteiger partial charge in [-0.3, -0.25) is 0 Å². The molecule has 1 aliphatic rings. The fraction of sp³-hybridized carbons (Fsp3) is 0.857. The number of carbonyl (C=O) groups excluding carboxylic acids is 1. The number of aliphatic carboxylic acids is 1. The molecule has 0 aliphatic heterocycles. The van der Waals surface area contributed by atoms with Crippen LogP contribution in [-0.4, -0.2) is 41.4 Å². The van der Waals surface area contributed by atoms with Gasteiger partial charge in [-0.1, -0.05) is 32.6 Å². The van der Waals surface area contributed by atoms with Crippen molar-refractivity contribution in [1.29, 1.82) is 0 Å². The maximum atomic E-state index is 11.4. The van der Waals surface area contributed by atoms with Gasteiger partial charge in [0.2, 0.25) is 0 Å². The lowest BCUT2D eigenvalue weighted by atomic mass is 9.81. The molecule has 0 aromatic rings. The van der Waals surface area contributed by atoms with Crippen LogP contribution in [-0.2, 0) is 4.79 Å². The number of hydrogen-bond acceptors (Lipinski definition) is 3. The Kier molecular flexibility index (Phi) is 7.36. The average molecular weight is 286 g/mol. The quantitative estimate of drug-likeness (QED) is 0.567. The standard InChI is InChI=1S/C14H26N2O4/c1-10-2-4-11(5-3-10)6-8-15-14(20)16-9-7-12(17)13(18)19/h10-12,17H,2-9H2,1H3,(H,18,19)(H2,15,16,20)/t10?,11?,12-/m0/s1. The lowest BCUT2D eigenvalue weighted by molar-refractivity contribution is -0.146. The molecule has 1 atom stereocenters. The number of urea groups is 1. The second kappa shape index (κ2) is 8.79. The van der Waals surface area contributed by atoms with Crippen molar-refractivity contribution in [3.8, 4) is 0 Å². The minimum atomic E-state index is -1.42. The second-order valence-corrected chi connectivity index (χ2v) is 5.74. The molecule has 1 fully saturated rings. The van der Waals surface area contributed by atoms with E-state index in [4.69, 9.17) is 10.2 Å². The normalized spacial score (nSPS) is 23.9. The first-order chi connectivity index (χ1) is 9.49. The molecule has 0 spiro atoms. The van der Waals surface area contributed by atoms with Crippen LogP contribution in [0.3, 0.4) is 0 Å². The van der Waals surface area contributed by atoms with Crippen LogP contribution in [0.25, 0.3) is 0 Å². The Morgan fingerprint density at radius 1 is 1.15 bits per heavy atom. The zero-order valence-corrected chi connectivity index (χ0v) is 12.1. The van der Waals surface area contributed by atoms with E-state index in [1.54, 1.807) is 0 Å². The zero-order valence-electron chi connectivity index (χ0n) is 12.1. The highest BCUT2D eigenvalue weighted by Crippen LogP contribution is 2.29. The molecule has 0 radical (unpaired) electrons. The molecule has 2 amide bonds. The van der Waals surface area contributed by atoms with E-state index in [0.717, 1.165) is 12.3 Å². The summed E-state index contributed by atoms with van der Waals surface area (Å²) in [4.78, 5) is 21.8. The van der Waals surface area contributed by atoms with Crippen LogP contribution in [0.1, 0.15) is 45.4 Å². The minimum absolute atomic E-state index is 0.0171. The van der Waals surface area contributed by atoms with Gasteiger partial charge in [0.25, 0.3) is 0 Å². The number of rotatable bonds is 7. The number of amides is 2. The highest BCUT2D eigenvalue weighted by atomic mass is 16.4. The number of carbonyl (C=O) groups is 2. The van der Waals surface area contributed by atoms with Crippen molar-refractivity contribution in [2.45, 2.75) is 51.6 Å². The van der Waals surface area contributed by atoms with Crippen molar-refractivity contribution in [2.75, 3.05) is 13.1 Å². The van der Waals surface area contributed by atoms with Crippen LogP contribution >= 0.6 is 0 Å². The molecule has 20 heavy (non-hydrogen) atoms. The van der Waals surface area contributed by atoms with Crippen molar-refractivity contribution in [3.05, 3.63) is 0 Å². The largest absolute Gasteiger partial charge is 0.479 e. The summed E-state index contributed by atoms with van der Waals surface area (Å²) in [5, 5.41) is 22.8. The Balaban J connectivity index is 2.01. The molecule has 0 bridgehead atoms. The van der Waals surface area contributed by atoms with Gasteiger partial charge in [-0.15, -0.1) is 0 Å². The Bertz CT molecular complexity index is 314. The minimum Gasteiger partial charge on any atom is -0.479 e. The van der Waals surface area contributed by atoms with Gasteiger partial charge in [0.05, 0.1) is 0 Å². The summed E-state index contributed by atoms with van der Waals surface area (Å²) in [7, 11) is 0. The highest BCUT2D eigenvalue weighted by Gasteiger charge is 2.18. The summed E-state index contributed by atoms with van der Waals surface area (Å²) in [6.07, 6.45) is 4.65. The molecular formula is C14H26N2O4. The highest BCUT2D eigenvalue weighted by molar-refractivity contribution is 5.74. The van der Waals surface area contributed by atoms with Gasteiger partial charge in [-0.2, -0.15) is 0 Å². The number of carboxylic acids is 1. The number of aliphatic hydroxyl groups excluding tert-OH is 1. The fourth-order valence-corrected chi connectivity index (χ4v) is 2.52. The maximum Gasteiger partial charge on any atom is 0.332 e. The number of carboxylic acid groups (broad SMARTS) is 1. The third-order valence-corrected chi connectivity index (χ3v) is 3.96. The van der Waals surface area contributed by atoms with E-state index in [-0.39, 0.29) is 19.0 Å². The smallest absolute Gasteiger partial charge is 0.332 e. The Labute approximate surface area is 119 Å². The Morgan fingerprint density at radius 2 is 1.75 bits per heavy atom. The second-order valence-electron chi connectivity index (χ2n) is 5.74. The molecule has 6 heteroatoms. The first-order valence-electron chi connectivity index (χ1n) is 7.41. The van der Waals surface area contributed by atoms with Gasteiger partial charge in [0.15, 0.2) is 6.10 Å². The predicted molar refractivity (Wildman–Crippen MR) is 75.4 cm³/mol. The van der Waals surface area contributed by atoms with Gasteiger partial charge in [-0.05, 0) is 18.3 Å². The Hall–Kier alpha value is -1.30. The molecule has 116 valence electrons. The number of hydrogen-bond donors (Lipinski definition) is 4. The molecule has 0 aromatic heterocycles. The summed E-state index contributed by atoms with van der Waals surface area (Å²) in [6.45, 7) is 3.08. The first-order valence-corrected chi connectivity index (χ1v) is 7.41. The molecule has 0 aromatic carbocycles. The van der Waals surface area contributed by atoms with Crippen LogP contribution in [0.5, 0.6) is 0 Å². The van der Waals surface area contributed by atoms with E-state index in [1.807, 2.05) is 0 Å². The van der Waals surface area contributed by atoms with E-state index in [9.17, 15) is 9.59 Å². The predicted octanol–water partition coefficient (Wildman–Crippen LogP) is 1.34. The van der Waals surface area contributed by atoms with Crippen molar-refractivity contribution in [2.24, 2.45) is 11.8 Å². The van der Waals surface area contributed by atoms with E-state index < -0.39 is 12.1 Å². The SMILES string of the molecule is CC1CCC(CCNC(=O)NCC[C@H](O)C(=O)O)CC1. The molecular weight excluding hydrogens is 260 g/mol. The molecule has 0 saturated heterocycles. The van der Waals surface area contributed by atoms with Crippen LogP contribution in [0.2, 0.25) is 0 Å². The van der Waals surface area contributed by atoms with Gasteiger partial charge >= 0.3 is 12.0 Å². The molecule has 4 N–H and O–H groups in total. The van der Waals surface area contributed by atoms with Crippen LogP contribution in [0, 0.1) is 11.8 Å². The first kappa shape index (κ1) is 16.8. The third kappa shape index (κ3) is 6.75. The molecule has 1 rings (SSSR count). The molecule has 1 aliphatic carbocycles. The summed E-state index contributed by atoms with van der Waals surface area (Å²) < 4.78 is 0. The lowest BCUT2D eigenvalue weighted by Crippen LogP contribution is -2.38. The third-order valence-electron chi connectivity index (χ3n) is 3.96. The van der Waals surface area contributed by atoms with E-state index in [1.165, 1.54) is 25.7 Å². The van der Waals surface area contributed by atoms with Gasteiger partial charge < -0.3 is 20.8 Å². The molecule has 6 nitrogen and oxygen atoms in total. The van der Waals surface area contributed by atoms with E-state index in [0.29, 0.717) is 12.5 Å². The maximum absolute atomic E-state index is 11.4. The van der Waals surface area contributed by atoms with Gasteiger partial charge in [-0.25, -0.2) is 9.59 Å². The average Bonchev–Trinajstić information content (AvgIpc) is 2.40. The number of aliphatic hydroxyl groups is 1. The topological polar surface area (TPSA) is 98.7 Å². The van der Waals surface area contributed by atoms with Crippen molar-refractivity contribution in [1.82, 2.24) is 10.6 Å². The van der Waals surface area contributed by atoms with Crippen molar-refractivity contribution in [3.63, 3.8) is 0 Å². The van der Waals surface area contributed by atoms with Crippen LogP contribution in [0.4, 0.5) is 4.79 Å². The molecule has 0 unspecified atom stereocenters. The lowest BCUT2D eigenvalue weighted by Gasteiger charge is -2.26. The summed E-state index contributed by atoms with van der Waals surface area (Å²) in [5.41, 5.74) is 0. The number of nitrogens with one attached hydrogen (secondary N) is 2. The van der Waals surface area contributed by atoms with Crippen LogP contribution < -0.4 is 10.6 Å². The zero-order chi connectivity index (χ0) is 15.0.